The van der Waals surface area contributed by atoms with E-state index in [1.54, 1.807) is 0 Å². The van der Waals surface area contributed by atoms with Crippen LogP contribution in [0.15, 0.2) is 0 Å². The monoisotopic (exact) mass is 229 g/mol. The minimum Gasteiger partial charge on any atom is -0.460 e. The number of hydrogen-bond donors (Lipinski definition) is 1. The lowest BCUT2D eigenvalue weighted by atomic mass is 9.94. The fraction of sp³-hybridized carbons (Fsp3) is 0.917. The van der Waals surface area contributed by atoms with E-state index >= 15 is 0 Å². The van der Waals surface area contributed by atoms with Crippen molar-refractivity contribution < 1.29 is 14.3 Å². The van der Waals surface area contributed by atoms with Crippen LogP contribution >= 0.6 is 0 Å². The third-order valence-corrected chi connectivity index (χ3v) is 2.52. The van der Waals surface area contributed by atoms with Crippen LogP contribution in [0.1, 0.15) is 34.1 Å². The molecule has 0 bridgehead atoms. The highest BCUT2D eigenvalue weighted by atomic mass is 16.6. The van der Waals surface area contributed by atoms with Crippen LogP contribution in [-0.2, 0) is 14.3 Å². The largest absolute Gasteiger partial charge is 0.460 e. The second-order valence-electron chi connectivity index (χ2n) is 5.13. The van der Waals surface area contributed by atoms with E-state index < -0.39 is 5.60 Å². The molecule has 1 fully saturated rings. The summed E-state index contributed by atoms with van der Waals surface area (Å²) < 4.78 is 11.0. The van der Waals surface area contributed by atoms with Gasteiger partial charge in [0.1, 0.15) is 5.60 Å². The van der Waals surface area contributed by atoms with E-state index in [0.717, 1.165) is 19.5 Å². The standard InChI is InChI=1S/C12H23NO3/c1-5-15-10-8-13-7-6-9(10)11(14)16-12(2,3)4/h9-10,13H,5-8H2,1-4H3/t9-,10+/m0/s1. The summed E-state index contributed by atoms with van der Waals surface area (Å²) in [5, 5.41) is 3.23. The maximum Gasteiger partial charge on any atom is 0.312 e. The number of nitrogens with one attached hydrogen (secondary N) is 1. The van der Waals surface area contributed by atoms with Crippen molar-refractivity contribution in [3.05, 3.63) is 0 Å². The molecule has 1 N–H and O–H groups in total. The first-order valence-electron chi connectivity index (χ1n) is 5.99. The average molecular weight is 229 g/mol. The zero-order valence-electron chi connectivity index (χ0n) is 10.7. The number of esters is 1. The summed E-state index contributed by atoms with van der Waals surface area (Å²) in [6.07, 6.45) is 0.744. The van der Waals surface area contributed by atoms with Gasteiger partial charge >= 0.3 is 5.97 Å². The van der Waals surface area contributed by atoms with Gasteiger partial charge in [-0.1, -0.05) is 0 Å². The Bertz CT molecular complexity index is 233. The fourth-order valence-electron chi connectivity index (χ4n) is 1.87. The molecule has 0 aromatic heterocycles. The minimum absolute atomic E-state index is 0.0476. The first-order chi connectivity index (χ1) is 7.44. The van der Waals surface area contributed by atoms with Gasteiger partial charge in [0.05, 0.1) is 12.0 Å². The molecule has 1 rings (SSSR count). The predicted molar refractivity (Wildman–Crippen MR) is 62.2 cm³/mol. The molecule has 4 nitrogen and oxygen atoms in total. The molecule has 0 aliphatic carbocycles. The summed E-state index contributed by atoms with van der Waals surface area (Å²) in [7, 11) is 0. The van der Waals surface area contributed by atoms with Crippen molar-refractivity contribution in [3.63, 3.8) is 0 Å². The predicted octanol–water partition coefficient (Wildman–Crippen LogP) is 1.34. The third kappa shape index (κ3) is 4.10. The van der Waals surface area contributed by atoms with Crippen LogP contribution in [0.4, 0.5) is 0 Å². The number of carbonyl (C=O) groups excluding carboxylic acids is 1. The molecule has 94 valence electrons. The second-order valence-corrected chi connectivity index (χ2v) is 5.13. The van der Waals surface area contributed by atoms with Gasteiger partial charge in [0.15, 0.2) is 0 Å². The summed E-state index contributed by atoms with van der Waals surface area (Å²) in [5.74, 6) is -0.257. The summed E-state index contributed by atoms with van der Waals surface area (Å²) >= 11 is 0. The van der Waals surface area contributed by atoms with E-state index in [4.69, 9.17) is 9.47 Å². The normalized spacial score (nSPS) is 26.5. The van der Waals surface area contributed by atoms with Crippen LogP contribution in [0.5, 0.6) is 0 Å². The van der Waals surface area contributed by atoms with Crippen molar-refractivity contribution in [2.75, 3.05) is 19.7 Å². The van der Waals surface area contributed by atoms with E-state index in [0.29, 0.717) is 6.61 Å². The van der Waals surface area contributed by atoms with Crippen molar-refractivity contribution >= 4 is 5.97 Å². The zero-order chi connectivity index (χ0) is 12.2. The Kier molecular flexibility index (Phi) is 4.74. The Balaban J connectivity index is 2.57. The van der Waals surface area contributed by atoms with Crippen LogP contribution in [0.2, 0.25) is 0 Å². The van der Waals surface area contributed by atoms with Gasteiger partial charge < -0.3 is 14.8 Å². The van der Waals surface area contributed by atoms with Crippen molar-refractivity contribution in [2.45, 2.75) is 45.8 Å². The lowest BCUT2D eigenvalue weighted by molar-refractivity contribution is -0.167. The van der Waals surface area contributed by atoms with Crippen molar-refractivity contribution in [2.24, 2.45) is 5.92 Å². The van der Waals surface area contributed by atoms with Gasteiger partial charge in [0.25, 0.3) is 0 Å². The highest BCUT2D eigenvalue weighted by Crippen LogP contribution is 2.20. The van der Waals surface area contributed by atoms with E-state index in [2.05, 4.69) is 5.32 Å². The zero-order valence-corrected chi connectivity index (χ0v) is 10.7. The van der Waals surface area contributed by atoms with Gasteiger partial charge in [-0.3, -0.25) is 4.79 Å². The summed E-state index contributed by atoms with van der Waals surface area (Å²) in [4.78, 5) is 12.0. The molecule has 0 radical (unpaired) electrons. The van der Waals surface area contributed by atoms with Crippen molar-refractivity contribution in [1.29, 1.82) is 0 Å². The fourth-order valence-corrected chi connectivity index (χ4v) is 1.87. The van der Waals surface area contributed by atoms with E-state index in [9.17, 15) is 4.79 Å². The molecule has 1 aliphatic heterocycles. The van der Waals surface area contributed by atoms with E-state index in [1.165, 1.54) is 0 Å². The lowest BCUT2D eigenvalue weighted by Crippen LogP contribution is -2.47. The Morgan fingerprint density at radius 1 is 1.44 bits per heavy atom. The smallest absolute Gasteiger partial charge is 0.312 e. The summed E-state index contributed by atoms with van der Waals surface area (Å²) in [6.45, 7) is 9.84. The Labute approximate surface area is 97.7 Å². The van der Waals surface area contributed by atoms with Gasteiger partial charge in [-0.2, -0.15) is 0 Å². The van der Waals surface area contributed by atoms with Crippen molar-refractivity contribution in [3.8, 4) is 0 Å². The van der Waals surface area contributed by atoms with Gasteiger partial charge in [-0.25, -0.2) is 0 Å². The topological polar surface area (TPSA) is 47.6 Å². The molecule has 0 aromatic rings. The lowest BCUT2D eigenvalue weighted by Gasteiger charge is -2.32. The third-order valence-electron chi connectivity index (χ3n) is 2.52. The number of rotatable bonds is 3. The molecule has 0 spiro atoms. The molecular weight excluding hydrogens is 206 g/mol. The van der Waals surface area contributed by atoms with Gasteiger partial charge in [-0.05, 0) is 40.7 Å². The van der Waals surface area contributed by atoms with Crippen molar-refractivity contribution in [1.82, 2.24) is 5.32 Å². The number of carbonyl (C=O) groups is 1. The van der Waals surface area contributed by atoms with Crippen LogP contribution in [0.25, 0.3) is 0 Å². The SMILES string of the molecule is CCO[C@@H]1CNCC[C@@H]1C(=O)OC(C)(C)C. The van der Waals surface area contributed by atoms with E-state index in [-0.39, 0.29) is 18.0 Å². The van der Waals surface area contributed by atoms with Crippen LogP contribution < -0.4 is 5.32 Å². The first kappa shape index (κ1) is 13.5. The van der Waals surface area contributed by atoms with Gasteiger partial charge in [0.2, 0.25) is 0 Å². The molecule has 1 aliphatic rings. The highest BCUT2D eigenvalue weighted by Gasteiger charge is 2.34. The number of piperidine rings is 1. The first-order valence-corrected chi connectivity index (χ1v) is 5.99. The molecule has 0 saturated carbocycles. The Morgan fingerprint density at radius 2 is 2.12 bits per heavy atom. The molecular formula is C12H23NO3. The minimum atomic E-state index is -0.418. The second kappa shape index (κ2) is 5.64. The molecule has 0 amide bonds. The van der Waals surface area contributed by atoms with Crippen LogP contribution in [0, 0.1) is 5.92 Å². The average Bonchev–Trinajstić information content (AvgIpc) is 2.16. The molecule has 0 aromatic carbocycles. The maximum atomic E-state index is 12.0. The number of ether oxygens (including phenoxy) is 2. The van der Waals surface area contributed by atoms with Crippen LogP contribution in [-0.4, -0.2) is 37.4 Å². The maximum absolute atomic E-state index is 12.0. The summed E-state index contributed by atoms with van der Waals surface area (Å²) in [6, 6.07) is 0. The Morgan fingerprint density at radius 3 is 2.69 bits per heavy atom. The van der Waals surface area contributed by atoms with Gasteiger partial charge in [0, 0.05) is 13.2 Å². The molecule has 1 heterocycles. The quantitative estimate of drug-likeness (QED) is 0.742. The summed E-state index contributed by atoms with van der Waals surface area (Å²) in [5.41, 5.74) is -0.418. The van der Waals surface area contributed by atoms with Crippen LogP contribution in [0.3, 0.4) is 0 Å². The molecule has 1 saturated heterocycles. The Hall–Kier alpha value is -0.610. The van der Waals surface area contributed by atoms with Gasteiger partial charge in [-0.15, -0.1) is 0 Å². The molecule has 2 atom stereocenters. The van der Waals surface area contributed by atoms with E-state index in [1.807, 2.05) is 27.7 Å². The molecule has 0 unspecified atom stereocenters. The highest BCUT2D eigenvalue weighted by molar-refractivity contribution is 5.73. The molecule has 16 heavy (non-hydrogen) atoms. The molecule has 4 heteroatoms. The number of hydrogen-bond acceptors (Lipinski definition) is 4.